The largest absolute Gasteiger partial charge is 0.497 e. The average Bonchev–Trinajstić information content (AvgIpc) is 3.27. The van der Waals surface area contributed by atoms with Crippen molar-refractivity contribution in [2.24, 2.45) is 5.92 Å². The third kappa shape index (κ3) is 3.55. The smallest absolute Gasteiger partial charge is 0.250 e. The Labute approximate surface area is 185 Å². The fraction of sp³-hybridized carbons (Fsp3) is 0.364. The Bertz CT molecular complexity index is 969. The van der Waals surface area contributed by atoms with E-state index in [1.54, 1.807) is 49.2 Å². The zero-order valence-electron chi connectivity index (χ0n) is 16.8. The van der Waals surface area contributed by atoms with E-state index >= 15 is 0 Å². The lowest BCUT2D eigenvalue weighted by atomic mass is 9.79. The number of thioether (sulfide) groups is 1. The van der Waals surface area contributed by atoms with E-state index in [9.17, 15) is 9.59 Å². The standard InChI is InChI=1S/C22H24ClN3O3S/c1-29-15-8-6-13(7-9-15)24-20(27)17-12-14(10-11-30-2)26-22(17)16-4-3-5-18(23)19(16)25-21(22)28/h3-9,14,17,26H,10-12H2,1-2H3,(H,24,27)(H,25,28)/t14-,17+,22-/m0/s1. The van der Waals surface area contributed by atoms with Gasteiger partial charge in [0.05, 0.1) is 23.7 Å². The molecule has 0 bridgehead atoms. The molecule has 2 aromatic rings. The zero-order valence-corrected chi connectivity index (χ0v) is 18.4. The van der Waals surface area contributed by atoms with E-state index < -0.39 is 11.5 Å². The summed E-state index contributed by atoms with van der Waals surface area (Å²) < 4.78 is 5.18. The highest BCUT2D eigenvalue weighted by Crippen LogP contribution is 2.49. The maximum absolute atomic E-state index is 13.4. The molecule has 0 unspecified atom stereocenters. The number of para-hydroxylation sites is 1. The number of methoxy groups -OCH3 is 1. The van der Waals surface area contributed by atoms with Gasteiger partial charge in [0.1, 0.15) is 11.3 Å². The molecule has 0 aromatic heterocycles. The van der Waals surface area contributed by atoms with Crippen LogP contribution in [0.4, 0.5) is 11.4 Å². The highest BCUT2D eigenvalue weighted by Gasteiger charge is 2.60. The van der Waals surface area contributed by atoms with Crippen molar-refractivity contribution >= 4 is 46.6 Å². The molecule has 1 spiro atoms. The average molecular weight is 446 g/mol. The Morgan fingerprint density at radius 3 is 2.77 bits per heavy atom. The van der Waals surface area contributed by atoms with E-state index in [4.69, 9.17) is 16.3 Å². The quantitative estimate of drug-likeness (QED) is 0.629. The van der Waals surface area contributed by atoms with Crippen LogP contribution in [0, 0.1) is 5.92 Å². The lowest BCUT2D eigenvalue weighted by Crippen LogP contribution is -2.52. The van der Waals surface area contributed by atoms with Crippen LogP contribution in [-0.2, 0) is 15.1 Å². The predicted molar refractivity (Wildman–Crippen MR) is 121 cm³/mol. The van der Waals surface area contributed by atoms with Gasteiger partial charge in [0.2, 0.25) is 11.8 Å². The molecule has 4 rings (SSSR count). The van der Waals surface area contributed by atoms with Crippen LogP contribution in [0.5, 0.6) is 5.75 Å². The summed E-state index contributed by atoms with van der Waals surface area (Å²) in [5, 5.41) is 9.86. The monoisotopic (exact) mass is 445 g/mol. The summed E-state index contributed by atoms with van der Waals surface area (Å²) in [6.45, 7) is 0. The highest BCUT2D eigenvalue weighted by molar-refractivity contribution is 7.98. The molecule has 8 heteroatoms. The van der Waals surface area contributed by atoms with Crippen LogP contribution in [0.2, 0.25) is 5.02 Å². The van der Waals surface area contributed by atoms with Gasteiger partial charge in [-0.05, 0) is 55.2 Å². The molecule has 2 aliphatic heterocycles. The summed E-state index contributed by atoms with van der Waals surface area (Å²) in [7, 11) is 1.59. The summed E-state index contributed by atoms with van der Waals surface area (Å²) in [6.07, 6.45) is 3.50. The summed E-state index contributed by atoms with van der Waals surface area (Å²) in [5.74, 6) is 0.674. The molecule has 2 amide bonds. The second-order valence-corrected chi connectivity index (χ2v) is 8.95. The van der Waals surface area contributed by atoms with Gasteiger partial charge >= 0.3 is 0 Å². The predicted octanol–water partition coefficient (Wildman–Crippen LogP) is 3.87. The number of ether oxygens (including phenoxy) is 1. The van der Waals surface area contributed by atoms with E-state index in [2.05, 4.69) is 22.2 Å². The van der Waals surface area contributed by atoms with Gasteiger partial charge in [0, 0.05) is 17.3 Å². The molecular formula is C22H24ClN3O3S. The van der Waals surface area contributed by atoms with Crippen LogP contribution < -0.4 is 20.7 Å². The molecule has 1 saturated heterocycles. The van der Waals surface area contributed by atoms with Gasteiger partial charge in [-0.15, -0.1) is 0 Å². The Morgan fingerprint density at radius 2 is 2.07 bits per heavy atom. The van der Waals surface area contributed by atoms with E-state index in [-0.39, 0.29) is 17.9 Å². The van der Waals surface area contributed by atoms with E-state index in [0.717, 1.165) is 17.7 Å². The van der Waals surface area contributed by atoms with E-state index in [1.165, 1.54) is 0 Å². The number of nitrogens with one attached hydrogen (secondary N) is 3. The maximum Gasteiger partial charge on any atom is 0.250 e. The first kappa shape index (κ1) is 21.0. The number of hydrogen-bond donors (Lipinski definition) is 3. The molecule has 2 aliphatic rings. The number of carbonyl (C=O) groups is 2. The fourth-order valence-corrected chi connectivity index (χ4v) is 5.15. The van der Waals surface area contributed by atoms with E-state index in [1.807, 2.05) is 12.1 Å². The van der Waals surface area contributed by atoms with Crippen molar-refractivity contribution in [3.63, 3.8) is 0 Å². The molecule has 0 saturated carbocycles. The second kappa shape index (κ2) is 8.49. The van der Waals surface area contributed by atoms with Gasteiger partial charge in [-0.2, -0.15) is 11.8 Å². The van der Waals surface area contributed by atoms with Crippen molar-refractivity contribution in [2.45, 2.75) is 24.4 Å². The number of hydrogen-bond acceptors (Lipinski definition) is 5. The van der Waals surface area contributed by atoms with Crippen LogP contribution in [0.25, 0.3) is 0 Å². The molecule has 30 heavy (non-hydrogen) atoms. The first-order valence-electron chi connectivity index (χ1n) is 9.81. The van der Waals surface area contributed by atoms with Crippen molar-refractivity contribution < 1.29 is 14.3 Å². The molecule has 2 aromatic carbocycles. The molecule has 158 valence electrons. The summed E-state index contributed by atoms with van der Waals surface area (Å²) in [4.78, 5) is 26.6. The van der Waals surface area contributed by atoms with Gasteiger partial charge in [-0.25, -0.2) is 0 Å². The minimum atomic E-state index is -1.13. The molecule has 3 atom stereocenters. The molecular weight excluding hydrogens is 422 g/mol. The van der Waals surface area contributed by atoms with Gasteiger partial charge in [0.15, 0.2) is 0 Å². The van der Waals surface area contributed by atoms with Gasteiger partial charge < -0.3 is 15.4 Å². The number of fused-ring (bicyclic) bond motifs is 2. The lowest BCUT2D eigenvalue weighted by molar-refractivity contribution is -0.130. The minimum absolute atomic E-state index is 0.0553. The third-order valence-corrected chi connectivity index (χ3v) is 6.81. The fourth-order valence-electron chi connectivity index (χ4n) is 4.40. The van der Waals surface area contributed by atoms with E-state index in [0.29, 0.717) is 28.6 Å². The SMILES string of the molecule is COc1ccc(NC(=O)[C@H]2C[C@H](CCSC)N[C@]23C(=O)Nc2c(Cl)cccc23)cc1. The first-order valence-corrected chi connectivity index (χ1v) is 11.6. The first-order chi connectivity index (χ1) is 14.5. The number of amides is 2. The zero-order chi connectivity index (χ0) is 21.3. The molecule has 0 radical (unpaired) electrons. The van der Waals surface area contributed by atoms with Crippen molar-refractivity contribution in [1.29, 1.82) is 0 Å². The number of halogens is 1. The summed E-state index contributed by atoms with van der Waals surface area (Å²) in [5.41, 5.74) is 0.860. The van der Waals surface area contributed by atoms with Gasteiger partial charge in [-0.3, -0.25) is 14.9 Å². The van der Waals surface area contributed by atoms with Crippen molar-refractivity contribution in [2.75, 3.05) is 29.8 Å². The molecule has 6 nitrogen and oxygen atoms in total. The minimum Gasteiger partial charge on any atom is -0.497 e. The summed E-state index contributed by atoms with van der Waals surface area (Å²) >= 11 is 8.09. The highest BCUT2D eigenvalue weighted by atomic mass is 35.5. The van der Waals surface area contributed by atoms with Gasteiger partial charge in [0.25, 0.3) is 0 Å². The normalized spacial score (nSPS) is 24.6. The van der Waals surface area contributed by atoms with Crippen LogP contribution in [0.3, 0.4) is 0 Å². The Balaban J connectivity index is 1.68. The summed E-state index contributed by atoms with van der Waals surface area (Å²) in [6, 6.07) is 12.6. The van der Waals surface area contributed by atoms with Crippen molar-refractivity contribution in [1.82, 2.24) is 5.32 Å². The molecule has 3 N–H and O–H groups in total. The Morgan fingerprint density at radius 1 is 1.30 bits per heavy atom. The Kier molecular flexibility index (Phi) is 5.95. The van der Waals surface area contributed by atoms with Crippen LogP contribution >= 0.6 is 23.4 Å². The second-order valence-electron chi connectivity index (χ2n) is 7.55. The Hall–Kier alpha value is -2.22. The molecule has 1 fully saturated rings. The van der Waals surface area contributed by atoms with Crippen LogP contribution in [-0.4, -0.2) is 37.0 Å². The van der Waals surface area contributed by atoms with Crippen molar-refractivity contribution in [3.05, 3.63) is 53.1 Å². The molecule has 2 heterocycles. The maximum atomic E-state index is 13.4. The van der Waals surface area contributed by atoms with Crippen molar-refractivity contribution in [3.8, 4) is 5.75 Å². The number of carbonyl (C=O) groups excluding carboxylic acids is 2. The number of rotatable bonds is 6. The number of benzene rings is 2. The van der Waals surface area contributed by atoms with Crippen LogP contribution in [0.15, 0.2) is 42.5 Å². The van der Waals surface area contributed by atoms with Crippen LogP contribution in [0.1, 0.15) is 18.4 Å². The van der Waals surface area contributed by atoms with Gasteiger partial charge in [-0.1, -0.05) is 23.7 Å². The third-order valence-electron chi connectivity index (χ3n) is 5.85. The lowest BCUT2D eigenvalue weighted by Gasteiger charge is -2.29. The molecule has 0 aliphatic carbocycles. The topological polar surface area (TPSA) is 79.5 Å². The number of anilines is 2.